The van der Waals surface area contributed by atoms with Crippen LogP contribution < -0.4 is 20.3 Å². The van der Waals surface area contributed by atoms with Gasteiger partial charge in [-0.2, -0.15) is 0 Å². The molecule has 1 unspecified atom stereocenters. The second kappa shape index (κ2) is 11.5. The van der Waals surface area contributed by atoms with Crippen molar-refractivity contribution in [2.24, 2.45) is 4.99 Å². The number of nitrogens with one attached hydrogen (secondary N) is 2. The third-order valence-electron chi connectivity index (χ3n) is 5.67. The monoisotopic (exact) mass is 550 g/mol. The Hall–Kier alpha value is -2.33. The lowest BCUT2D eigenvalue weighted by molar-refractivity contribution is -0.117. The molecule has 2 aromatic carbocycles. The predicted molar refractivity (Wildman–Crippen MR) is 137 cm³/mol. The van der Waals surface area contributed by atoms with Crippen LogP contribution in [0.2, 0.25) is 0 Å². The molecule has 2 heterocycles. The topological polar surface area (TPSA) is 75.2 Å². The molecule has 1 fully saturated rings. The predicted octanol–water partition coefficient (Wildman–Crippen LogP) is 3.04. The number of para-hydroxylation sites is 1. The standard InChI is InChI=1S/C24H30N4O3.HI/c1-17-7-8-19(22(13-17)31-20-10-12-30-16-20)14-26-24(25-2)27-15-23(29)28-11-9-18-5-3-4-6-21(18)28;/h3-8,13,20H,9-12,14-16H2,1-2H3,(H2,25,26,27);1H. The lowest BCUT2D eigenvalue weighted by Gasteiger charge is -2.20. The number of aliphatic imine (C=N–C) groups is 1. The van der Waals surface area contributed by atoms with E-state index in [9.17, 15) is 4.79 Å². The van der Waals surface area contributed by atoms with E-state index < -0.39 is 0 Å². The van der Waals surface area contributed by atoms with Gasteiger partial charge in [0.25, 0.3) is 0 Å². The van der Waals surface area contributed by atoms with Crippen molar-refractivity contribution in [3.8, 4) is 5.75 Å². The molecule has 172 valence electrons. The van der Waals surface area contributed by atoms with E-state index in [-0.39, 0.29) is 42.5 Å². The normalized spacial score (nSPS) is 17.5. The van der Waals surface area contributed by atoms with Crippen molar-refractivity contribution in [3.63, 3.8) is 0 Å². The molecule has 2 aliphatic rings. The molecular weight excluding hydrogens is 519 g/mol. The quantitative estimate of drug-likeness (QED) is 0.329. The third kappa shape index (κ3) is 5.92. The number of carbonyl (C=O) groups is 1. The fourth-order valence-corrected chi connectivity index (χ4v) is 3.95. The highest BCUT2D eigenvalue weighted by Gasteiger charge is 2.24. The zero-order chi connectivity index (χ0) is 21.6. The molecule has 1 amide bonds. The van der Waals surface area contributed by atoms with Crippen molar-refractivity contribution < 1.29 is 14.3 Å². The molecule has 32 heavy (non-hydrogen) atoms. The van der Waals surface area contributed by atoms with Gasteiger partial charge in [-0.1, -0.05) is 30.3 Å². The van der Waals surface area contributed by atoms with E-state index in [1.165, 1.54) is 5.56 Å². The number of aryl methyl sites for hydroxylation is 1. The first-order chi connectivity index (χ1) is 15.1. The van der Waals surface area contributed by atoms with Crippen LogP contribution in [0.25, 0.3) is 0 Å². The summed E-state index contributed by atoms with van der Waals surface area (Å²) in [7, 11) is 1.70. The molecule has 0 aromatic heterocycles. The summed E-state index contributed by atoms with van der Waals surface area (Å²) >= 11 is 0. The number of benzene rings is 2. The van der Waals surface area contributed by atoms with Gasteiger partial charge in [-0.3, -0.25) is 9.79 Å². The second-order valence-corrected chi connectivity index (χ2v) is 7.92. The average Bonchev–Trinajstić information content (AvgIpc) is 3.44. The van der Waals surface area contributed by atoms with Crippen LogP contribution in [0.3, 0.4) is 0 Å². The van der Waals surface area contributed by atoms with Crippen LogP contribution in [-0.2, 0) is 22.5 Å². The molecule has 0 bridgehead atoms. The van der Waals surface area contributed by atoms with Gasteiger partial charge >= 0.3 is 0 Å². The average molecular weight is 550 g/mol. The van der Waals surface area contributed by atoms with Crippen LogP contribution in [0.5, 0.6) is 5.75 Å². The van der Waals surface area contributed by atoms with Gasteiger partial charge in [0.05, 0.1) is 19.8 Å². The van der Waals surface area contributed by atoms with Crippen molar-refractivity contribution in [2.45, 2.75) is 32.4 Å². The van der Waals surface area contributed by atoms with Crippen LogP contribution >= 0.6 is 24.0 Å². The summed E-state index contributed by atoms with van der Waals surface area (Å²) < 4.78 is 11.6. The fraction of sp³-hybridized carbons (Fsp3) is 0.417. The van der Waals surface area contributed by atoms with E-state index in [0.29, 0.717) is 19.1 Å². The van der Waals surface area contributed by atoms with E-state index in [2.05, 4.69) is 46.8 Å². The van der Waals surface area contributed by atoms with Gasteiger partial charge in [-0.15, -0.1) is 24.0 Å². The number of ether oxygens (including phenoxy) is 2. The van der Waals surface area contributed by atoms with Crippen LogP contribution in [0.15, 0.2) is 47.5 Å². The Bertz CT molecular complexity index is 960. The summed E-state index contributed by atoms with van der Waals surface area (Å²) in [5.74, 6) is 1.48. The summed E-state index contributed by atoms with van der Waals surface area (Å²) in [4.78, 5) is 18.8. The maximum Gasteiger partial charge on any atom is 0.246 e. The van der Waals surface area contributed by atoms with E-state index in [1.54, 1.807) is 7.05 Å². The largest absolute Gasteiger partial charge is 0.488 e. The molecule has 8 heteroatoms. The Kier molecular flexibility index (Phi) is 8.75. The highest BCUT2D eigenvalue weighted by molar-refractivity contribution is 14.0. The first kappa shape index (κ1) is 24.3. The van der Waals surface area contributed by atoms with E-state index in [0.717, 1.165) is 48.6 Å². The first-order valence-corrected chi connectivity index (χ1v) is 10.8. The fourth-order valence-electron chi connectivity index (χ4n) is 3.95. The number of nitrogens with zero attached hydrogens (tertiary/aromatic N) is 2. The smallest absolute Gasteiger partial charge is 0.246 e. The van der Waals surface area contributed by atoms with E-state index >= 15 is 0 Å². The minimum absolute atomic E-state index is 0. The molecule has 0 radical (unpaired) electrons. The number of rotatable bonds is 6. The number of hydrogen-bond donors (Lipinski definition) is 2. The number of halogens is 1. The Balaban J connectivity index is 0.00000289. The molecule has 2 aliphatic heterocycles. The Morgan fingerprint density at radius 1 is 1.25 bits per heavy atom. The molecule has 1 atom stereocenters. The molecule has 4 rings (SSSR count). The molecule has 1 saturated heterocycles. The van der Waals surface area contributed by atoms with Gasteiger partial charge in [-0.25, -0.2) is 0 Å². The van der Waals surface area contributed by atoms with Crippen molar-refractivity contribution in [2.75, 3.05) is 38.3 Å². The molecule has 2 aromatic rings. The number of carbonyl (C=O) groups excluding carboxylic acids is 1. The number of fused-ring (bicyclic) bond motifs is 1. The number of amides is 1. The molecule has 2 N–H and O–H groups in total. The summed E-state index contributed by atoms with van der Waals surface area (Å²) in [6.07, 6.45) is 1.90. The van der Waals surface area contributed by atoms with Gasteiger partial charge in [0.15, 0.2) is 5.96 Å². The molecule has 0 aliphatic carbocycles. The van der Waals surface area contributed by atoms with Gasteiger partial charge in [-0.05, 0) is 36.6 Å². The molecule has 0 spiro atoms. The maximum atomic E-state index is 12.7. The number of anilines is 1. The zero-order valence-electron chi connectivity index (χ0n) is 18.6. The first-order valence-electron chi connectivity index (χ1n) is 10.8. The van der Waals surface area contributed by atoms with Gasteiger partial charge in [0.2, 0.25) is 5.91 Å². The molecule has 7 nitrogen and oxygen atoms in total. The Morgan fingerprint density at radius 3 is 2.88 bits per heavy atom. The SMILES string of the molecule is CN=C(NCC(=O)N1CCc2ccccc21)NCc1ccc(C)cc1OC1CCOC1.I. The minimum atomic E-state index is 0. The lowest BCUT2D eigenvalue weighted by Crippen LogP contribution is -2.44. The van der Waals surface area contributed by atoms with Crippen LogP contribution in [0.4, 0.5) is 5.69 Å². The van der Waals surface area contributed by atoms with Crippen molar-refractivity contribution in [1.29, 1.82) is 0 Å². The minimum Gasteiger partial charge on any atom is -0.488 e. The van der Waals surface area contributed by atoms with Gasteiger partial charge in [0.1, 0.15) is 11.9 Å². The highest BCUT2D eigenvalue weighted by Crippen LogP contribution is 2.27. The van der Waals surface area contributed by atoms with Crippen molar-refractivity contribution in [1.82, 2.24) is 10.6 Å². The van der Waals surface area contributed by atoms with E-state index in [4.69, 9.17) is 9.47 Å². The van der Waals surface area contributed by atoms with Gasteiger partial charge in [0, 0.05) is 37.8 Å². The summed E-state index contributed by atoms with van der Waals surface area (Å²) in [5, 5.41) is 6.43. The number of hydrogen-bond acceptors (Lipinski definition) is 4. The van der Waals surface area contributed by atoms with Gasteiger partial charge < -0.3 is 25.0 Å². The Morgan fingerprint density at radius 2 is 2.09 bits per heavy atom. The van der Waals surface area contributed by atoms with Crippen LogP contribution in [0, 0.1) is 6.92 Å². The van der Waals surface area contributed by atoms with Crippen molar-refractivity contribution >= 4 is 41.5 Å². The molecular formula is C24H31IN4O3. The lowest BCUT2D eigenvalue weighted by atomic mass is 10.1. The van der Waals surface area contributed by atoms with E-state index in [1.807, 2.05) is 23.1 Å². The zero-order valence-corrected chi connectivity index (χ0v) is 20.9. The molecule has 0 saturated carbocycles. The maximum absolute atomic E-state index is 12.7. The second-order valence-electron chi connectivity index (χ2n) is 7.92. The highest BCUT2D eigenvalue weighted by atomic mass is 127. The van der Waals surface area contributed by atoms with Crippen LogP contribution in [0.1, 0.15) is 23.1 Å². The third-order valence-corrected chi connectivity index (χ3v) is 5.67. The summed E-state index contributed by atoms with van der Waals surface area (Å²) in [6, 6.07) is 14.3. The summed E-state index contributed by atoms with van der Waals surface area (Å²) in [5.41, 5.74) is 4.42. The Labute approximate surface area is 206 Å². The van der Waals surface area contributed by atoms with Crippen molar-refractivity contribution in [3.05, 3.63) is 59.2 Å². The summed E-state index contributed by atoms with van der Waals surface area (Å²) in [6.45, 7) is 4.88. The number of guanidine groups is 1. The van der Waals surface area contributed by atoms with Crippen LogP contribution in [-0.4, -0.2) is 51.3 Å².